The fourth-order valence-electron chi connectivity index (χ4n) is 1.76. The summed E-state index contributed by atoms with van der Waals surface area (Å²) in [4.78, 5) is 17.2. The molecule has 1 N–H and O–H groups in total. The highest BCUT2D eigenvalue weighted by molar-refractivity contribution is 7.98. The van der Waals surface area contributed by atoms with Crippen molar-refractivity contribution >= 4 is 17.7 Å². The van der Waals surface area contributed by atoms with Crippen molar-refractivity contribution in [3.63, 3.8) is 0 Å². The van der Waals surface area contributed by atoms with E-state index in [1.165, 1.54) is 0 Å². The van der Waals surface area contributed by atoms with Crippen LogP contribution in [0.5, 0.6) is 5.75 Å². The van der Waals surface area contributed by atoms with Gasteiger partial charge in [-0.1, -0.05) is 0 Å². The molecule has 0 bridgehead atoms. The predicted molar refractivity (Wildman–Crippen MR) is 80.2 cm³/mol. The topological polar surface area (TPSA) is 51.2 Å². The fraction of sp³-hybridized carbons (Fsp3) is 0.200. The number of hydrogen-bond donors (Lipinski definition) is 1. The summed E-state index contributed by atoms with van der Waals surface area (Å²) in [6.45, 7) is 0.467. The third kappa shape index (κ3) is 3.51. The molecule has 0 aliphatic rings. The minimum atomic E-state index is -0.147. The molecule has 4 nitrogen and oxygen atoms in total. The standard InChI is InChI=1S/C15H16N2O2S/c1-19-14-9-12(20-2)3-4-13(14)15(18)17-10-11-5-7-16-8-6-11/h3-9H,10H2,1-2H3,(H,17,18). The zero-order valence-corrected chi connectivity index (χ0v) is 12.2. The van der Waals surface area contributed by atoms with Crippen LogP contribution in [0.1, 0.15) is 15.9 Å². The SMILES string of the molecule is COc1cc(SC)ccc1C(=O)NCc1ccncc1. The molecule has 0 spiro atoms. The van der Waals surface area contributed by atoms with E-state index >= 15 is 0 Å². The Hall–Kier alpha value is -2.01. The Labute approximate surface area is 122 Å². The van der Waals surface area contributed by atoms with E-state index in [1.807, 2.05) is 30.5 Å². The number of thioether (sulfide) groups is 1. The molecular weight excluding hydrogens is 272 g/mol. The normalized spacial score (nSPS) is 10.1. The van der Waals surface area contributed by atoms with Gasteiger partial charge in [0, 0.05) is 23.8 Å². The lowest BCUT2D eigenvalue weighted by Gasteiger charge is -2.10. The van der Waals surface area contributed by atoms with Crippen LogP contribution < -0.4 is 10.1 Å². The third-order valence-electron chi connectivity index (χ3n) is 2.86. The second-order valence-electron chi connectivity index (χ2n) is 4.10. The van der Waals surface area contributed by atoms with Gasteiger partial charge >= 0.3 is 0 Å². The molecular formula is C15H16N2O2S. The van der Waals surface area contributed by atoms with Gasteiger partial charge in [0.15, 0.2) is 0 Å². The smallest absolute Gasteiger partial charge is 0.255 e. The number of carbonyl (C=O) groups is 1. The van der Waals surface area contributed by atoms with Crippen LogP contribution >= 0.6 is 11.8 Å². The number of aromatic nitrogens is 1. The van der Waals surface area contributed by atoms with E-state index < -0.39 is 0 Å². The number of amides is 1. The molecule has 0 aliphatic heterocycles. The number of ether oxygens (including phenoxy) is 1. The molecule has 2 rings (SSSR count). The summed E-state index contributed by atoms with van der Waals surface area (Å²) < 4.78 is 5.28. The maximum absolute atomic E-state index is 12.2. The Morgan fingerprint density at radius 3 is 2.70 bits per heavy atom. The average molecular weight is 288 g/mol. The van der Waals surface area contributed by atoms with Gasteiger partial charge in [0.05, 0.1) is 12.7 Å². The van der Waals surface area contributed by atoms with Crippen molar-refractivity contribution in [1.29, 1.82) is 0 Å². The summed E-state index contributed by atoms with van der Waals surface area (Å²) in [5.41, 5.74) is 1.55. The molecule has 0 fully saturated rings. The van der Waals surface area contributed by atoms with Crippen molar-refractivity contribution in [1.82, 2.24) is 10.3 Å². The van der Waals surface area contributed by atoms with Crippen LogP contribution in [-0.4, -0.2) is 24.3 Å². The van der Waals surface area contributed by atoms with Gasteiger partial charge in [-0.2, -0.15) is 0 Å². The molecule has 1 aromatic heterocycles. The minimum absolute atomic E-state index is 0.147. The summed E-state index contributed by atoms with van der Waals surface area (Å²) in [5, 5.41) is 2.87. The Kier molecular flexibility index (Phi) is 5.01. The van der Waals surface area contributed by atoms with Crippen LogP contribution in [0.15, 0.2) is 47.6 Å². The van der Waals surface area contributed by atoms with Crippen molar-refractivity contribution in [3.05, 3.63) is 53.9 Å². The van der Waals surface area contributed by atoms with Crippen molar-refractivity contribution in [2.24, 2.45) is 0 Å². The lowest BCUT2D eigenvalue weighted by Crippen LogP contribution is -2.23. The van der Waals surface area contributed by atoms with E-state index in [0.717, 1.165) is 10.5 Å². The quantitative estimate of drug-likeness (QED) is 0.860. The first-order valence-corrected chi connectivity index (χ1v) is 7.36. The Balaban J connectivity index is 2.09. The van der Waals surface area contributed by atoms with Crippen molar-refractivity contribution < 1.29 is 9.53 Å². The number of nitrogens with one attached hydrogen (secondary N) is 1. The number of hydrogen-bond acceptors (Lipinski definition) is 4. The lowest BCUT2D eigenvalue weighted by molar-refractivity contribution is 0.0948. The number of benzene rings is 1. The second-order valence-corrected chi connectivity index (χ2v) is 4.98. The number of methoxy groups -OCH3 is 1. The summed E-state index contributed by atoms with van der Waals surface area (Å²) >= 11 is 1.61. The van der Waals surface area contributed by atoms with Crippen LogP contribution in [0.4, 0.5) is 0 Å². The number of nitrogens with zero attached hydrogens (tertiary/aromatic N) is 1. The monoisotopic (exact) mass is 288 g/mol. The maximum atomic E-state index is 12.2. The first kappa shape index (κ1) is 14.4. The van der Waals surface area contributed by atoms with Gasteiger partial charge < -0.3 is 10.1 Å². The maximum Gasteiger partial charge on any atom is 0.255 e. The summed E-state index contributed by atoms with van der Waals surface area (Å²) in [5.74, 6) is 0.440. The third-order valence-corrected chi connectivity index (χ3v) is 3.58. The Morgan fingerprint density at radius 1 is 1.30 bits per heavy atom. The zero-order valence-electron chi connectivity index (χ0n) is 11.4. The van der Waals surface area contributed by atoms with Gasteiger partial charge in [0.25, 0.3) is 5.91 Å². The van der Waals surface area contributed by atoms with Gasteiger partial charge in [-0.3, -0.25) is 9.78 Å². The largest absolute Gasteiger partial charge is 0.496 e. The number of rotatable bonds is 5. The second kappa shape index (κ2) is 6.96. The molecule has 5 heteroatoms. The molecule has 0 atom stereocenters. The van der Waals surface area contributed by atoms with E-state index in [0.29, 0.717) is 17.9 Å². The van der Waals surface area contributed by atoms with Crippen LogP contribution in [-0.2, 0) is 6.54 Å². The van der Waals surface area contributed by atoms with Crippen LogP contribution in [0, 0.1) is 0 Å². The molecule has 1 amide bonds. The van der Waals surface area contributed by atoms with Gasteiger partial charge in [0.2, 0.25) is 0 Å². The molecule has 20 heavy (non-hydrogen) atoms. The van der Waals surface area contributed by atoms with Gasteiger partial charge in [-0.05, 0) is 42.2 Å². The van der Waals surface area contributed by atoms with Gasteiger partial charge in [-0.25, -0.2) is 0 Å². The minimum Gasteiger partial charge on any atom is -0.496 e. The van der Waals surface area contributed by atoms with Crippen LogP contribution in [0.2, 0.25) is 0 Å². The molecule has 1 heterocycles. The molecule has 0 radical (unpaired) electrons. The van der Waals surface area contributed by atoms with E-state index in [4.69, 9.17) is 4.74 Å². The number of carbonyl (C=O) groups excluding carboxylic acids is 1. The van der Waals surface area contributed by atoms with Gasteiger partial charge in [0.1, 0.15) is 5.75 Å². The number of pyridine rings is 1. The highest BCUT2D eigenvalue weighted by Crippen LogP contribution is 2.25. The molecule has 1 aromatic carbocycles. The fourth-order valence-corrected chi connectivity index (χ4v) is 2.19. The first-order chi connectivity index (χ1) is 9.74. The van der Waals surface area contributed by atoms with E-state index in [2.05, 4.69) is 10.3 Å². The van der Waals surface area contributed by atoms with Crippen molar-refractivity contribution in [2.45, 2.75) is 11.4 Å². The van der Waals surface area contributed by atoms with E-state index in [9.17, 15) is 4.79 Å². The Bertz CT molecular complexity index is 588. The summed E-state index contributed by atoms with van der Waals surface area (Å²) in [7, 11) is 1.57. The molecule has 2 aromatic rings. The molecule has 104 valence electrons. The molecule has 0 saturated heterocycles. The van der Waals surface area contributed by atoms with Crippen molar-refractivity contribution in [3.8, 4) is 5.75 Å². The summed E-state index contributed by atoms with van der Waals surface area (Å²) in [6, 6.07) is 9.30. The van der Waals surface area contributed by atoms with E-state index in [-0.39, 0.29) is 5.91 Å². The van der Waals surface area contributed by atoms with Crippen molar-refractivity contribution in [2.75, 3.05) is 13.4 Å². The summed E-state index contributed by atoms with van der Waals surface area (Å²) in [6.07, 6.45) is 5.39. The zero-order chi connectivity index (χ0) is 14.4. The molecule has 0 saturated carbocycles. The highest BCUT2D eigenvalue weighted by atomic mass is 32.2. The van der Waals surface area contributed by atoms with E-state index in [1.54, 1.807) is 37.3 Å². The first-order valence-electron chi connectivity index (χ1n) is 6.13. The molecule has 0 unspecified atom stereocenters. The highest BCUT2D eigenvalue weighted by Gasteiger charge is 2.12. The van der Waals surface area contributed by atoms with Gasteiger partial charge in [-0.15, -0.1) is 11.8 Å². The van der Waals surface area contributed by atoms with Crippen LogP contribution in [0.25, 0.3) is 0 Å². The lowest BCUT2D eigenvalue weighted by atomic mass is 10.2. The van der Waals surface area contributed by atoms with Crippen LogP contribution in [0.3, 0.4) is 0 Å². The predicted octanol–water partition coefficient (Wildman–Crippen LogP) is 2.74. The molecule has 0 aliphatic carbocycles. The average Bonchev–Trinajstić information content (AvgIpc) is 2.52. The Morgan fingerprint density at radius 2 is 2.05 bits per heavy atom.